The van der Waals surface area contributed by atoms with Crippen molar-refractivity contribution in [3.8, 4) is 5.69 Å². The van der Waals surface area contributed by atoms with Crippen LogP contribution in [0.2, 0.25) is 5.02 Å². The van der Waals surface area contributed by atoms with E-state index in [0.29, 0.717) is 16.4 Å². The topological polar surface area (TPSA) is 63.6 Å². The van der Waals surface area contributed by atoms with Crippen molar-refractivity contribution >= 4 is 22.5 Å². The number of nitrogens with one attached hydrogen (secondary N) is 1. The van der Waals surface area contributed by atoms with E-state index in [1.807, 2.05) is 6.07 Å². The van der Waals surface area contributed by atoms with E-state index in [4.69, 9.17) is 11.6 Å². The summed E-state index contributed by atoms with van der Waals surface area (Å²) in [5.74, 6) is 0. The summed E-state index contributed by atoms with van der Waals surface area (Å²) >= 11 is 6.00. The van der Waals surface area contributed by atoms with Crippen LogP contribution in [0.1, 0.15) is 5.69 Å². The van der Waals surface area contributed by atoms with Gasteiger partial charge >= 0.3 is 5.69 Å². The lowest BCUT2D eigenvalue weighted by Crippen LogP contribution is -2.22. The molecule has 0 radical (unpaired) electrons. The van der Waals surface area contributed by atoms with Gasteiger partial charge in [0.05, 0.1) is 23.1 Å². The predicted molar refractivity (Wildman–Crippen MR) is 69.2 cm³/mol. The fraction of sp³-hybridized carbons (Fsp3) is 0.0833. The maximum Gasteiger partial charge on any atom is 0.352 e. The number of aromatic nitrogens is 4. The summed E-state index contributed by atoms with van der Waals surface area (Å²) in [6.45, 7) is 1.80. The quantitative estimate of drug-likeness (QED) is 0.728. The first-order valence-electron chi connectivity index (χ1n) is 5.35. The van der Waals surface area contributed by atoms with Crippen LogP contribution in [0.5, 0.6) is 0 Å². The van der Waals surface area contributed by atoms with Crippen LogP contribution in [0.4, 0.5) is 0 Å². The third-order valence-electron chi connectivity index (χ3n) is 2.79. The van der Waals surface area contributed by atoms with Crippen molar-refractivity contribution in [1.82, 2.24) is 19.7 Å². The van der Waals surface area contributed by atoms with E-state index >= 15 is 0 Å². The molecule has 3 rings (SSSR count). The third kappa shape index (κ3) is 1.60. The molecule has 0 saturated carbocycles. The van der Waals surface area contributed by atoms with Gasteiger partial charge in [0.25, 0.3) is 0 Å². The largest absolute Gasteiger partial charge is 0.352 e. The van der Waals surface area contributed by atoms with Crippen LogP contribution in [-0.2, 0) is 0 Å². The van der Waals surface area contributed by atoms with Crippen molar-refractivity contribution in [3.63, 3.8) is 0 Å². The Morgan fingerprint density at radius 1 is 1.39 bits per heavy atom. The Bertz CT molecular complexity index is 777. The van der Waals surface area contributed by atoms with Crippen LogP contribution < -0.4 is 5.69 Å². The Kier molecular flexibility index (Phi) is 2.41. The van der Waals surface area contributed by atoms with Crippen LogP contribution in [0.15, 0.2) is 35.4 Å². The summed E-state index contributed by atoms with van der Waals surface area (Å²) in [5.41, 5.74) is 1.70. The summed E-state index contributed by atoms with van der Waals surface area (Å²) in [5, 5.41) is 7.99. The average Bonchev–Trinajstić information content (AvgIpc) is 2.82. The minimum Gasteiger partial charge on any atom is -0.284 e. The molecule has 0 amide bonds. The summed E-state index contributed by atoms with van der Waals surface area (Å²) in [7, 11) is 0. The van der Waals surface area contributed by atoms with Gasteiger partial charge in [-0.3, -0.25) is 9.67 Å². The van der Waals surface area contributed by atoms with E-state index in [1.165, 1.54) is 4.57 Å². The zero-order valence-corrected chi connectivity index (χ0v) is 10.3. The summed E-state index contributed by atoms with van der Waals surface area (Å²) in [6, 6.07) is 5.39. The minimum atomic E-state index is -0.344. The lowest BCUT2D eigenvalue weighted by atomic mass is 10.2. The molecule has 5 nitrogen and oxygen atoms in total. The van der Waals surface area contributed by atoms with E-state index in [-0.39, 0.29) is 5.69 Å². The van der Waals surface area contributed by atoms with Gasteiger partial charge in [-0.2, -0.15) is 10.1 Å². The first-order chi connectivity index (χ1) is 8.66. The molecule has 0 saturated heterocycles. The molecule has 6 heteroatoms. The summed E-state index contributed by atoms with van der Waals surface area (Å²) in [6.07, 6.45) is 3.21. The van der Waals surface area contributed by atoms with Crippen LogP contribution >= 0.6 is 11.6 Å². The molecular formula is C12H9ClN4O. The van der Waals surface area contributed by atoms with Crippen LogP contribution in [0.25, 0.3) is 16.6 Å². The van der Waals surface area contributed by atoms with Gasteiger partial charge in [0.1, 0.15) is 0 Å². The van der Waals surface area contributed by atoms with Gasteiger partial charge < -0.3 is 0 Å². The smallest absolute Gasteiger partial charge is 0.284 e. The molecule has 0 unspecified atom stereocenters. The number of halogens is 1. The van der Waals surface area contributed by atoms with Crippen LogP contribution in [0.3, 0.4) is 0 Å². The average molecular weight is 261 g/mol. The lowest BCUT2D eigenvalue weighted by molar-refractivity contribution is 0.941. The zero-order valence-electron chi connectivity index (χ0n) is 9.51. The molecule has 0 aliphatic rings. The van der Waals surface area contributed by atoms with Gasteiger partial charge in [0.2, 0.25) is 0 Å². The van der Waals surface area contributed by atoms with Gasteiger partial charge in [0, 0.05) is 16.6 Å². The lowest BCUT2D eigenvalue weighted by Gasteiger charge is -2.09. The summed E-state index contributed by atoms with van der Waals surface area (Å²) in [4.78, 5) is 16.0. The molecule has 2 heterocycles. The third-order valence-corrected chi connectivity index (χ3v) is 3.02. The van der Waals surface area contributed by atoms with Gasteiger partial charge in [-0.05, 0) is 25.1 Å². The van der Waals surface area contributed by atoms with Crippen molar-refractivity contribution < 1.29 is 0 Å². The highest BCUT2D eigenvalue weighted by Gasteiger charge is 2.10. The second kappa shape index (κ2) is 3.96. The normalized spacial score (nSPS) is 11.0. The molecule has 2 aromatic heterocycles. The van der Waals surface area contributed by atoms with E-state index in [9.17, 15) is 4.79 Å². The monoisotopic (exact) mass is 260 g/mol. The number of H-pyrrole nitrogens is 1. The molecule has 1 N–H and O–H groups in total. The Balaban J connectivity index is 2.51. The maximum atomic E-state index is 12.0. The highest BCUT2D eigenvalue weighted by Crippen LogP contribution is 2.21. The number of hydrogen-bond acceptors (Lipinski definition) is 3. The second-order valence-electron chi connectivity index (χ2n) is 3.93. The molecule has 3 aromatic rings. The number of fused-ring (bicyclic) bond motifs is 1. The van der Waals surface area contributed by atoms with Crippen LogP contribution in [-0.4, -0.2) is 19.7 Å². The Labute approximate surface area is 107 Å². The number of aryl methyl sites for hydroxylation is 1. The molecule has 0 spiro atoms. The van der Waals surface area contributed by atoms with Gasteiger partial charge in [-0.15, -0.1) is 0 Å². The van der Waals surface area contributed by atoms with Crippen molar-refractivity contribution in [1.29, 1.82) is 0 Å². The summed E-state index contributed by atoms with van der Waals surface area (Å²) < 4.78 is 1.48. The molecule has 0 atom stereocenters. The Morgan fingerprint density at radius 3 is 2.94 bits per heavy atom. The molecule has 18 heavy (non-hydrogen) atoms. The first kappa shape index (κ1) is 11.0. The molecule has 0 bridgehead atoms. The van der Waals surface area contributed by atoms with Crippen molar-refractivity contribution in [2.24, 2.45) is 0 Å². The second-order valence-corrected chi connectivity index (χ2v) is 4.37. The SMILES string of the molecule is Cc1nc(=O)n(-c2cn[nH]c2)c2cc(Cl)ccc12. The van der Waals surface area contributed by atoms with Gasteiger partial charge in [-0.25, -0.2) is 4.79 Å². The number of rotatable bonds is 1. The molecular weight excluding hydrogens is 252 g/mol. The fourth-order valence-corrected chi connectivity index (χ4v) is 2.13. The minimum absolute atomic E-state index is 0.344. The van der Waals surface area contributed by atoms with Crippen LogP contribution in [0, 0.1) is 6.92 Å². The highest BCUT2D eigenvalue weighted by atomic mass is 35.5. The van der Waals surface area contributed by atoms with E-state index in [2.05, 4.69) is 15.2 Å². The van der Waals surface area contributed by atoms with Crippen molar-refractivity contribution in [3.05, 3.63) is 51.8 Å². The molecule has 0 aliphatic heterocycles. The fourth-order valence-electron chi connectivity index (χ4n) is 1.97. The first-order valence-corrected chi connectivity index (χ1v) is 5.72. The predicted octanol–water partition coefficient (Wildman–Crippen LogP) is 2.07. The standard InChI is InChI=1S/C12H9ClN4O/c1-7-10-3-2-8(13)4-11(10)17(12(18)16-7)9-5-14-15-6-9/h2-6H,1H3,(H,14,15). The maximum absolute atomic E-state index is 12.0. The Hall–Kier alpha value is -2.14. The van der Waals surface area contributed by atoms with Gasteiger partial charge in [-0.1, -0.05) is 11.6 Å². The van der Waals surface area contributed by atoms with E-state index < -0.39 is 0 Å². The Morgan fingerprint density at radius 2 is 2.22 bits per heavy atom. The molecule has 90 valence electrons. The van der Waals surface area contributed by atoms with Gasteiger partial charge in [0.15, 0.2) is 0 Å². The molecule has 0 fully saturated rings. The number of benzene rings is 1. The van der Waals surface area contributed by atoms with Crippen molar-refractivity contribution in [2.75, 3.05) is 0 Å². The van der Waals surface area contributed by atoms with E-state index in [1.54, 1.807) is 31.5 Å². The number of hydrogen-bond donors (Lipinski definition) is 1. The zero-order chi connectivity index (χ0) is 12.7. The molecule has 1 aromatic carbocycles. The number of nitrogens with zero attached hydrogens (tertiary/aromatic N) is 3. The van der Waals surface area contributed by atoms with E-state index in [0.717, 1.165) is 10.9 Å². The van der Waals surface area contributed by atoms with Crippen molar-refractivity contribution in [2.45, 2.75) is 6.92 Å². The molecule has 0 aliphatic carbocycles. The number of aromatic amines is 1. The highest BCUT2D eigenvalue weighted by molar-refractivity contribution is 6.31.